The summed E-state index contributed by atoms with van der Waals surface area (Å²) in [5.41, 5.74) is 1.72. The number of benzene rings is 2. The Labute approximate surface area is 122 Å². The van der Waals surface area contributed by atoms with Crippen molar-refractivity contribution in [2.45, 2.75) is 24.8 Å². The first-order valence-corrected chi connectivity index (χ1v) is 6.88. The lowest BCUT2D eigenvalue weighted by Crippen LogP contribution is -2.34. The third kappa shape index (κ3) is 2.73. The van der Waals surface area contributed by atoms with Gasteiger partial charge in [0.25, 0.3) is 0 Å². The standard InChI is InChI=1S/C17H14F2N2/c18-13-6-4-11(5-7-13)12-8-14(9-12)21-17-3-1-2-16(19)15(17)10-20/h1-7,12,14,21H,8-9H2. The van der Waals surface area contributed by atoms with Gasteiger partial charge < -0.3 is 5.32 Å². The molecular formula is C17H14F2N2. The minimum Gasteiger partial charge on any atom is -0.381 e. The zero-order valence-electron chi connectivity index (χ0n) is 11.3. The van der Waals surface area contributed by atoms with Crippen LogP contribution in [0.3, 0.4) is 0 Å². The number of anilines is 1. The first-order valence-electron chi connectivity index (χ1n) is 6.88. The molecule has 0 radical (unpaired) electrons. The molecule has 0 saturated heterocycles. The van der Waals surface area contributed by atoms with Gasteiger partial charge in [0.05, 0.1) is 5.69 Å². The molecule has 0 aliphatic heterocycles. The maximum absolute atomic E-state index is 13.5. The Morgan fingerprint density at radius 1 is 1.05 bits per heavy atom. The molecule has 2 aromatic rings. The maximum Gasteiger partial charge on any atom is 0.143 e. The van der Waals surface area contributed by atoms with Crippen LogP contribution >= 0.6 is 0 Å². The minimum atomic E-state index is -0.503. The number of nitriles is 1. The Bertz CT molecular complexity index is 683. The molecule has 0 spiro atoms. The summed E-state index contributed by atoms with van der Waals surface area (Å²) in [5, 5.41) is 12.2. The SMILES string of the molecule is N#Cc1c(F)cccc1NC1CC(c2ccc(F)cc2)C1. The van der Waals surface area contributed by atoms with Gasteiger partial charge in [0.15, 0.2) is 0 Å². The average molecular weight is 284 g/mol. The summed E-state index contributed by atoms with van der Waals surface area (Å²) in [4.78, 5) is 0. The van der Waals surface area contributed by atoms with Crippen molar-refractivity contribution in [3.8, 4) is 6.07 Å². The molecular weight excluding hydrogens is 270 g/mol. The van der Waals surface area contributed by atoms with Crippen molar-refractivity contribution in [1.29, 1.82) is 5.26 Å². The number of hydrogen-bond donors (Lipinski definition) is 1. The average Bonchev–Trinajstić information content (AvgIpc) is 2.44. The Morgan fingerprint density at radius 3 is 2.43 bits per heavy atom. The van der Waals surface area contributed by atoms with E-state index in [1.807, 2.05) is 6.07 Å². The summed E-state index contributed by atoms with van der Waals surface area (Å²) in [5.74, 6) is -0.342. The molecule has 0 atom stereocenters. The molecule has 0 unspecified atom stereocenters. The summed E-state index contributed by atoms with van der Waals surface area (Å²) >= 11 is 0. The molecule has 3 rings (SSSR count). The lowest BCUT2D eigenvalue weighted by Gasteiger charge is -2.37. The van der Waals surface area contributed by atoms with Crippen molar-refractivity contribution in [3.63, 3.8) is 0 Å². The van der Waals surface area contributed by atoms with Crippen LogP contribution in [-0.2, 0) is 0 Å². The van der Waals surface area contributed by atoms with Gasteiger partial charge in [0.1, 0.15) is 23.3 Å². The van der Waals surface area contributed by atoms with E-state index in [0.717, 1.165) is 18.4 Å². The highest BCUT2D eigenvalue weighted by Gasteiger charge is 2.30. The van der Waals surface area contributed by atoms with E-state index in [4.69, 9.17) is 5.26 Å². The second-order valence-electron chi connectivity index (χ2n) is 5.34. The maximum atomic E-state index is 13.5. The van der Waals surface area contributed by atoms with E-state index >= 15 is 0 Å². The number of nitrogens with zero attached hydrogens (tertiary/aromatic N) is 1. The Balaban J connectivity index is 1.64. The lowest BCUT2D eigenvalue weighted by molar-refractivity contribution is 0.373. The monoisotopic (exact) mass is 284 g/mol. The van der Waals surface area contributed by atoms with Gasteiger partial charge in [-0.1, -0.05) is 18.2 Å². The van der Waals surface area contributed by atoms with Crippen LogP contribution in [0.15, 0.2) is 42.5 Å². The number of rotatable bonds is 3. The molecule has 1 aliphatic rings. The molecule has 4 heteroatoms. The molecule has 2 aromatic carbocycles. The van der Waals surface area contributed by atoms with E-state index in [1.54, 1.807) is 24.3 Å². The zero-order chi connectivity index (χ0) is 14.8. The highest BCUT2D eigenvalue weighted by Crippen LogP contribution is 2.39. The summed E-state index contributed by atoms with van der Waals surface area (Å²) < 4.78 is 26.4. The van der Waals surface area contributed by atoms with Gasteiger partial charge in [-0.3, -0.25) is 0 Å². The molecule has 1 N–H and O–H groups in total. The van der Waals surface area contributed by atoms with Crippen molar-refractivity contribution in [1.82, 2.24) is 0 Å². The van der Waals surface area contributed by atoms with Crippen LogP contribution in [0.5, 0.6) is 0 Å². The van der Waals surface area contributed by atoms with Gasteiger partial charge in [-0.2, -0.15) is 5.26 Å². The van der Waals surface area contributed by atoms with Gasteiger partial charge in [0.2, 0.25) is 0 Å². The van der Waals surface area contributed by atoms with Gasteiger partial charge in [0, 0.05) is 6.04 Å². The number of nitrogens with one attached hydrogen (secondary N) is 1. The zero-order valence-corrected chi connectivity index (χ0v) is 11.3. The molecule has 0 aromatic heterocycles. The van der Waals surface area contributed by atoms with Gasteiger partial charge >= 0.3 is 0 Å². The molecule has 21 heavy (non-hydrogen) atoms. The summed E-state index contributed by atoms with van der Waals surface area (Å²) in [6, 6.07) is 13.2. The lowest BCUT2D eigenvalue weighted by atomic mass is 9.75. The van der Waals surface area contributed by atoms with Crippen LogP contribution in [0.4, 0.5) is 14.5 Å². The van der Waals surface area contributed by atoms with Crippen LogP contribution in [0.25, 0.3) is 0 Å². The molecule has 2 nitrogen and oxygen atoms in total. The molecule has 106 valence electrons. The van der Waals surface area contributed by atoms with Crippen LogP contribution < -0.4 is 5.32 Å². The van der Waals surface area contributed by atoms with E-state index in [2.05, 4.69) is 5.32 Å². The fourth-order valence-corrected chi connectivity index (χ4v) is 2.72. The summed E-state index contributed by atoms with van der Waals surface area (Å²) in [7, 11) is 0. The second-order valence-corrected chi connectivity index (χ2v) is 5.34. The predicted molar refractivity (Wildman–Crippen MR) is 76.9 cm³/mol. The van der Waals surface area contributed by atoms with Crippen LogP contribution in [0, 0.1) is 23.0 Å². The quantitative estimate of drug-likeness (QED) is 0.917. The number of halogens is 2. The van der Waals surface area contributed by atoms with Gasteiger partial charge in [-0.05, 0) is 48.6 Å². The smallest absolute Gasteiger partial charge is 0.143 e. The fourth-order valence-electron chi connectivity index (χ4n) is 2.72. The molecule has 0 heterocycles. The Kier molecular flexibility index (Phi) is 3.57. The van der Waals surface area contributed by atoms with Crippen LogP contribution in [-0.4, -0.2) is 6.04 Å². The molecule has 0 bridgehead atoms. The molecule has 1 saturated carbocycles. The third-order valence-electron chi connectivity index (χ3n) is 3.96. The molecule has 0 amide bonds. The normalized spacial score (nSPS) is 20.4. The van der Waals surface area contributed by atoms with Gasteiger partial charge in [-0.25, -0.2) is 8.78 Å². The van der Waals surface area contributed by atoms with Crippen molar-refractivity contribution >= 4 is 5.69 Å². The topological polar surface area (TPSA) is 35.8 Å². The molecule has 1 fully saturated rings. The van der Waals surface area contributed by atoms with Crippen LogP contribution in [0.1, 0.15) is 29.9 Å². The number of hydrogen-bond acceptors (Lipinski definition) is 2. The van der Waals surface area contributed by atoms with E-state index in [9.17, 15) is 8.78 Å². The van der Waals surface area contributed by atoms with E-state index in [0.29, 0.717) is 11.6 Å². The Morgan fingerprint density at radius 2 is 1.76 bits per heavy atom. The first-order chi connectivity index (χ1) is 10.2. The van der Waals surface area contributed by atoms with Crippen molar-refractivity contribution in [2.24, 2.45) is 0 Å². The first kappa shape index (κ1) is 13.6. The highest BCUT2D eigenvalue weighted by atomic mass is 19.1. The molecule has 1 aliphatic carbocycles. The van der Waals surface area contributed by atoms with E-state index in [1.165, 1.54) is 18.2 Å². The highest BCUT2D eigenvalue weighted by molar-refractivity contribution is 5.58. The summed E-state index contributed by atoms with van der Waals surface area (Å²) in [6.07, 6.45) is 1.79. The van der Waals surface area contributed by atoms with Crippen LogP contribution in [0.2, 0.25) is 0 Å². The van der Waals surface area contributed by atoms with E-state index < -0.39 is 5.82 Å². The fraction of sp³-hybridized carbons (Fsp3) is 0.235. The van der Waals surface area contributed by atoms with E-state index in [-0.39, 0.29) is 17.4 Å². The largest absolute Gasteiger partial charge is 0.381 e. The Hall–Kier alpha value is -2.41. The van der Waals surface area contributed by atoms with Crippen molar-refractivity contribution in [3.05, 3.63) is 65.2 Å². The van der Waals surface area contributed by atoms with Crippen molar-refractivity contribution < 1.29 is 8.78 Å². The minimum absolute atomic E-state index is 0.0581. The van der Waals surface area contributed by atoms with Gasteiger partial charge in [-0.15, -0.1) is 0 Å². The van der Waals surface area contributed by atoms with Crippen molar-refractivity contribution in [2.75, 3.05) is 5.32 Å². The third-order valence-corrected chi connectivity index (χ3v) is 3.96. The second kappa shape index (κ2) is 5.53. The summed E-state index contributed by atoms with van der Waals surface area (Å²) in [6.45, 7) is 0. The predicted octanol–water partition coefficient (Wildman–Crippen LogP) is 4.19.